The Kier molecular flexibility index (Phi) is 5.62. The topological polar surface area (TPSA) is 24.9 Å². The van der Waals surface area contributed by atoms with Crippen LogP contribution in [0.3, 0.4) is 0 Å². The Morgan fingerprint density at radius 2 is 1.95 bits per heavy atom. The minimum atomic E-state index is 0.517. The summed E-state index contributed by atoms with van der Waals surface area (Å²) < 4.78 is 0. The lowest BCUT2D eigenvalue weighted by Gasteiger charge is -2.37. The van der Waals surface area contributed by atoms with Gasteiger partial charge in [-0.1, -0.05) is 26.7 Å². The van der Waals surface area contributed by atoms with Crippen LogP contribution < -0.4 is 5.32 Å². The van der Waals surface area contributed by atoms with Gasteiger partial charge in [-0.15, -0.1) is 11.3 Å². The fourth-order valence-electron chi connectivity index (χ4n) is 3.65. The van der Waals surface area contributed by atoms with Gasteiger partial charge in [0.1, 0.15) is 0 Å². The lowest BCUT2D eigenvalue weighted by Crippen LogP contribution is -2.45. The first-order chi connectivity index (χ1) is 9.61. The van der Waals surface area contributed by atoms with E-state index in [4.69, 9.17) is 4.98 Å². The summed E-state index contributed by atoms with van der Waals surface area (Å²) in [4.78, 5) is 6.15. The van der Waals surface area contributed by atoms with Gasteiger partial charge in [0.2, 0.25) is 0 Å². The third-order valence-corrected chi connectivity index (χ3v) is 6.23. The molecule has 1 heterocycles. The van der Waals surface area contributed by atoms with E-state index in [0.29, 0.717) is 11.5 Å². The molecule has 1 aromatic rings. The quantitative estimate of drug-likeness (QED) is 0.792. The molecule has 3 heteroatoms. The van der Waals surface area contributed by atoms with Crippen LogP contribution in [0.25, 0.3) is 0 Å². The molecule has 0 aliphatic heterocycles. The highest BCUT2D eigenvalue weighted by Crippen LogP contribution is 2.45. The summed E-state index contributed by atoms with van der Waals surface area (Å²) in [5, 5.41) is 5.17. The predicted molar refractivity (Wildman–Crippen MR) is 88.6 cm³/mol. The van der Waals surface area contributed by atoms with E-state index >= 15 is 0 Å². The Morgan fingerprint density at radius 1 is 1.25 bits per heavy atom. The molecular weight excluding hydrogens is 264 g/mol. The summed E-state index contributed by atoms with van der Waals surface area (Å²) in [6.07, 6.45) is 9.25. The van der Waals surface area contributed by atoms with Gasteiger partial charge in [-0.25, -0.2) is 4.98 Å². The number of nitrogens with one attached hydrogen (secondary N) is 1. The van der Waals surface area contributed by atoms with E-state index in [1.165, 1.54) is 54.1 Å². The fourth-order valence-corrected chi connectivity index (χ4v) is 4.63. The van der Waals surface area contributed by atoms with Crippen molar-refractivity contribution in [2.24, 2.45) is 5.41 Å². The molecule has 2 rings (SSSR count). The zero-order valence-electron chi connectivity index (χ0n) is 13.6. The van der Waals surface area contributed by atoms with Gasteiger partial charge >= 0.3 is 0 Å². The number of rotatable bonds is 7. The number of nitrogens with zero attached hydrogens (tertiary/aromatic N) is 1. The van der Waals surface area contributed by atoms with Crippen LogP contribution in [-0.2, 0) is 6.42 Å². The van der Waals surface area contributed by atoms with Crippen LogP contribution in [0.2, 0.25) is 0 Å². The molecule has 1 saturated carbocycles. The first-order valence-electron chi connectivity index (χ1n) is 8.27. The third-order valence-electron chi connectivity index (χ3n) is 5.13. The van der Waals surface area contributed by atoms with Crippen LogP contribution in [-0.4, -0.2) is 17.6 Å². The van der Waals surface area contributed by atoms with Crippen molar-refractivity contribution in [3.63, 3.8) is 0 Å². The zero-order valence-corrected chi connectivity index (χ0v) is 14.4. The van der Waals surface area contributed by atoms with Crippen molar-refractivity contribution in [3.05, 3.63) is 15.6 Å². The highest BCUT2D eigenvalue weighted by molar-refractivity contribution is 7.11. The van der Waals surface area contributed by atoms with Gasteiger partial charge in [0, 0.05) is 17.3 Å². The van der Waals surface area contributed by atoms with E-state index in [0.717, 1.165) is 13.0 Å². The lowest BCUT2D eigenvalue weighted by atomic mass is 9.75. The van der Waals surface area contributed by atoms with Crippen molar-refractivity contribution < 1.29 is 0 Å². The Bertz CT molecular complexity index is 399. The fraction of sp³-hybridized carbons (Fsp3) is 0.824. The van der Waals surface area contributed by atoms with Crippen molar-refractivity contribution in [2.45, 2.75) is 78.7 Å². The molecule has 0 bridgehead atoms. The first-order valence-corrected chi connectivity index (χ1v) is 9.09. The van der Waals surface area contributed by atoms with E-state index in [2.05, 4.69) is 33.0 Å². The first kappa shape index (κ1) is 16.0. The van der Waals surface area contributed by atoms with Gasteiger partial charge in [-0.3, -0.25) is 0 Å². The Labute approximate surface area is 128 Å². The van der Waals surface area contributed by atoms with Crippen LogP contribution in [0.1, 0.15) is 68.0 Å². The summed E-state index contributed by atoms with van der Waals surface area (Å²) in [7, 11) is 0. The summed E-state index contributed by atoms with van der Waals surface area (Å²) in [5.41, 5.74) is 1.74. The van der Waals surface area contributed by atoms with E-state index in [1.807, 2.05) is 11.3 Å². The average Bonchev–Trinajstić information content (AvgIpc) is 3.03. The second-order valence-corrected chi connectivity index (χ2v) is 7.67. The van der Waals surface area contributed by atoms with Crippen LogP contribution in [0.15, 0.2) is 0 Å². The van der Waals surface area contributed by atoms with Crippen LogP contribution in [0, 0.1) is 19.3 Å². The highest BCUT2D eigenvalue weighted by Gasteiger charge is 2.39. The molecule has 1 fully saturated rings. The van der Waals surface area contributed by atoms with Crippen molar-refractivity contribution in [1.82, 2.24) is 10.3 Å². The third kappa shape index (κ3) is 3.43. The number of thiazole rings is 1. The Balaban J connectivity index is 2.14. The highest BCUT2D eigenvalue weighted by atomic mass is 32.1. The summed E-state index contributed by atoms with van der Waals surface area (Å²) in [5.74, 6) is 0. The van der Waals surface area contributed by atoms with Crippen molar-refractivity contribution in [3.8, 4) is 0 Å². The molecule has 20 heavy (non-hydrogen) atoms. The monoisotopic (exact) mass is 294 g/mol. The van der Waals surface area contributed by atoms with Gasteiger partial charge < -0.3 is 5.32 Å². The second kappa shape index (κ2) is 7.04. The predicted octanol–water partition coefficient (Wildman–Crippen LogP) is 4.64. The average molecular weight is 295 g/mol. The van der Waals surface area contributed by atoms with E-state index in [-0.39, 0.29) is 0 Å². The molecule has 0 amide bonds. The number of aryl methyl sites for hydroxylation is 2. The van der Waals surface area contributed by atoms with Crippen molar-refractivity contribution in [2.75, 3.05) is 6.54 Å². The molecule has 1 atom stereocenters. The molecule has 0 radical (unpaired) electrons. The molecule has 1 aliphatic carbocycles. The van der Waals surface area contributed by atoms with E-state index < -0.39 is 0 Å². The maximum Gasteiger partial charge on any atom is 0.0946 e. The smallest absolute Gasteiger partial charge is 0.0946 e. The molecule has 114 valence electrons. The maximum absolute atomic E-state index is 4.77. The molecular formula is C17H30N2S. The molecule has 0 aromatic carbocycles. The second-order valence-electron chi connectivity index (χ2n) is 6.38. The molecule has 2 nitrogen and oxygen atoms in total. The molecule has 1 unspecified atom stereocenters. The van der Waals surface area contributed by atoms with Crippen LogP contribution in [0.5, 0.6) is 0 Å². The van der Waals surface area contributed by atoms with E-state index in [9.17, 15) is 0 Å². The molecule has 1 aromatic heterocycles. The summed E-state index contributed by atoms with van der Waals surface area (Å²) in [6, 6.07) is 0.611. The minimum absolute atomic E-state index is 0.517. The molecule has 1 aliphatic rings. The number of hydrogen-bond acceptors (Lipinski definition) is 3. The van der Waals surface area contributed by atoms with E-state index in [1.54, 1.807) is 0 Å². The van der Waals surface area contributed by atoms with Gasteiger partial charge in [0.25, 0.3) is 0 Å². The van der Waals surface area contributed by atoms with Crippen molar-refractivity contribution in [1.29, 1.82) is 0 Å². The normalized spacial score (nSPS) is 19.4. The summed E-state index contributed by atoms with van der Waals surface area (Å²) in [6.45, 7) is 10.1. The maximum atomic E-state index is 4.77. The minimum Gasteiger partial charge on any atom is -0.313 e. The van der Waals surface area contributed by atoms with Gasteiger partial charge in [0.15, 0.2) is 0 Å². The summed E-state index contributed by atoms with van der Waals surface area (Å²) >= 11 is 1.89. The Hall–Kier alpha value is -0.410. The zero-order chi connectivity index (χ0) is 14.6. The SMILES string of the molecule is CCCNC(Cc1nc(C)c(C)s1)C1(CC)CCCC1. The largest absolute Gasteiger partial charge is 0.313 e. The molecule has 1 N–H and O–H groups in total. The van der Waals surface area contributed by atoms with Gasteiger partial charge in [-0.05, 0) is 51.5 Å². The lowest BCUT2D eigenvalue weighted by molar-refractivity contribution is 0.184. The molecule has 0 spiro atoms. The van der Waals surface area contributed by atoms with Crippen LogP contribution in [0.4, 0.5) is 0 Å². The van der Waals surface area contributed by atoms with Gasteiger partial charge in [0.05, 0.1) is 10.7 Å². The van der Waals surface area contributed by atoms with Crippen molar-refractivity contribution >= 4 is 11.3 Å². The van der Waals surface area contributed by atoms with Gasteiger partial charge in [-0.2, -0.15) is 0 Å². The standard InChI is InChI=1S/C17H30N2S/c1-5-11-18-15(17(6-2)9-7-8-10-17)12-16-19-13(3)14(4)20-16/h15,18H,5-12H2,1-4H3. The number of aromatic nitrogens is 1. The molecule has 0 saturated heterocycles. The van der Waals surface area contributed by atoms with Crippen LogP contribution >= 0.6 is 11.3 Å². The number of hydrogen-bond donors (Lipinski definition) is 1. The Morgan fingerprint density at radius 3 is 2.45 bits per heavy atom.